The fourth-order valence-electron chi connectivity index (χ4n) is 9.39. The number of benzene rings is 9. The van der Waals surface area contributed by atoms with E-state index in [9.17, 15) is 0 Å². The van der Waals surface area contributed by atoms with Gasteiger partial charge in [0.25, 0.3) is 0 Å². The highest BCUT2D eigenvalue weighted by Crippen LogP contribution is 2.44. The normalized spacial score (nSPS) is 11.9. The molecule has 0 aliphatic rings. The molecule has 12 aromatic rings. The van der Waals surface area contributed by atoms with Crippen molar-refractivity contribution in [3.05, 3.63) is 194 Å². The van der Waals surface area contributed by atoms with Crippen LogP contribution < -0.4 is 0 Å². The van der Waals surface area contributed by atoms with E-state index in [2.05, 4.69) is 175 Å². The summed E-state index contributed by atoms with van der Waals surface area (Å²) in [6, 6.07) is 67.0. The van der Waals surface area contributed by atoms with Crippen LogP contribution in [0.5, 0.6) is 0 Å². The number of pyridine rings is 2. The van der Waals surface area contributed by atoms with Crippen molar-refractivity contribution in [2.75, 3.05) is 0 Å². The van der Waals surface area contributed by atoms with Gasteiger partial charge in [-0.1, -0.05) is 152 Å². The quantitative estimate of drug-likeness (QED) is 0.171. The molecule has 0 saturated carbocycles. The Morgan fingerprint density at radius 1 is 0.250 bits per heavy atom. The highest BCUT2D eigenvalue weighted by Gasteiger charge is 2.17. The molecule has 12 rings (SSSR count). The van der Waals surface area contributed by atoms with E-state index < -0.39 is 0 Å². The molecule has 2 nitrogen and oxygen atoms in total. The standard InChI is InChI=1S/C54H32N2/c1-2-13-42-40(27-26-39(41(42)12-1)33-20-22-34(23-21-33)49-31-37-11-8-28-55-53(37)54-48(49)19-9-29-56-54)38-30-36-25-24-35-10-7-18-47-45-16-5-3-14-43(45)44-15-4-6-17-46(44)50(32-38)52(36)51(35)47/h1-32H. The lowest BCUT2D eigenvalue weighted by atomic mass is 9.87. The summed E-state index contributed by atoms with van der Waals surface area (Å²) in [4.78, 5) is 9.40. The van der Waals surface area contributed by atoms with E-state index in [0.29, 0.717) is 0 Å². The predicted octanol–water partition coefficient (Wildman–Crippen LogP) is 14.7. The van der Waals surface area contributed by atoms with Crippen LogP contribution in [0.4, 0.5) is 0 Å². The van der Waals surface area contributed by atoms with E-state index in [1.165, 1.54) is 86.9 Å². The first-order chi connectivity index (χ1) is 27.8. The molecular formula is C54H32N2. The lowest BCUT2D eigenvalue weighted by molar-refractivity contribution is 1.37. The van der Waals surface area contributed by atoms with Crippen LogP contribution in [0.3, 0.4) is 0 Å². The molecule has 56 heavy (non-hydrogen) atoms. The minimum absolute atomic E-state index is 0.933. The van der Waals surface area contributed by atoms with E-state index >= 15 is 0 Å². The molecule has 0 amide bonds. The van der Waals surface area contributed by atoms with Crippen molar-refractivity contribution in [2.45, 2.75) is 0 Å². The Kier molecular flexibility index (Phi) is 6.66. The summed E-state index contributed by atoms with van der Waals surface area (Å²) in [5.41, 5.74) is 9.05. The summed E-state index contributed by atoms with van der Waals surface area (Å²) in [5, 5.41) is 17.5. The lowest BCUT2D eigenvalue weighted by Crippen LogP contribution is -1.90. The van der Waals surface area contributed by atoms with Gasteiger partial charge >= 0.3 is 0 Å². The minimum Gasteiger partial charge on any atom is -0.254 e. The van der Waals surface area contributed by atoms with E-state index in [1.807, 2.05) is 24.5 Å². The summed E-state index contributed by atoms with van der Waals surface area (Å²) in [6.07, 6.45) is 3.69. The molecule has 2 heteroatoms. The van der Waals surface area contributed by atoms with Crippen LogP contribution in [0, 0.1) is 0 Å². The third-order valence-corrected chi connectivity index (χ3v) is 11.9. The van der Waals surface area contributed by atoms with Crippen molar-refractivity contribution in [3.63, 3.8) is 0 Å². The molecule has 0 atom stereocenters. The van der Waals surface area contributed by atoms with E-state index in [1.54, 1.807) is 0 Å². The second-order valence-electron chi connectivity index (χ2n) is 14.9. The Labute approximate surface area is 322 Å². The number of hydrogen-bond acceptors (Lipinski definition) is 2. The van der Waals surface area contributed by atoms with Crippen LogP contribution in [0.2, 0.25) is 0 Å². The van der Waals surface area contributed by atoms with Gasteiger partial charge in [0.05, 0.1) is 11.0 Å². The zero-order valence-electron chi connectivity index (χ0n) is 30.4. The molecule has 0 bridgehead atoms. The monoisotopic (exact) mass is 708 g/mol. The maximum Gasteiger partial charge on any atom is 0.0970 e. The van der Waals surface area contributed by atoms with Crippen molar-refractivity contribution < 1.29 is 0 Å². The average Bonchev–Trinajstić information content (AvgIpc) is 3.27. The van der Waals surface area contributed by atoms with E-state index in [0.717, 1.165) is 32.9 Å². The number of nitrogens with zero attached hydrogens (tertiary/aromatic N) is 2. The maximum absolute atomic E-state index is 4.74. The Hall–Kier alpha value is -7.42. The number of fused-ring (bicyclic) bond motifs is 9. The molecule has 0 spiro atoms. The first-order valence-electron chi connectivity index (χ1n) is 19.2. The molecule has 2 heterocycles. The minimum atomic E-state index is 0.933. The van der Waals surface area contributed by atoms with Gasteiger partial charge in [0.1, 0.15) is 0 Å². The van der Waals surface area contributed by atoms with Gasteiger partial charge in [0.2, 0.25) is 0 Å². The first kappa shape index (κ1) is 31.0. The molecule has 0 saturated heterocycles. The Bertz CT molecular complexity index is 3580. The third kappa shape index (κ3) is 4.57. The molecular weight excluding hydrogens is 677 g/mol. The summed E-state index contributed by atoms with van der Waals surface area (Å²) in [6.45, 7) is 0. The summed E-state index contributed by atoms with van der Waals surface area (Å²) < 4.78 is 0. The van der Waals surface area contributed by atoms with E-state index in [4.69, 9.17) is 4.98 Å². The van der Waals surface area contributed by atoms with Crippen molar-refractivity contribution in [1.29, 1.82) is 0 Å². The van der Waals surface area contributed by atoms with Crippen LogP contribution in [-0.2, 0) is 0 Å². The molecule has 2 aromatic heterocycles. The van der Waals surface area contributed by atoms with Gasteiger partial charge in [0.15, 0.2) is 0 Å². The van der Waals surface area contributed by atoms with Crippen molar-refractivity contribution in [2.24, 2.45) is 0 Å². The molecule has 0 radical (unpaired) electrons. The molecule has 0 N–H and O–H groups in total. The Morgan fingerprint density at radius 3 is 1.46 bits per heavy atom. The molecule has 0 aliphatic carbocycles. The second kappa shape index (κ2) is 12.0. The van der Waals surface area contributed by atoms with Gasteiger partial charge in [-0.05, 0) is 128 Å². The summed E-state index contributed by atoms with van der Waals surface area (Å²) >= 11 is 0. The molecule has 10 aromatic carbocycles. The number of hydrogen-bond donors (Lipinski definition) is 0. The SMILES string of the molecule is c1cnc2c(c1)cc(-c1ccc(-c3ccc(-c4cc5ccc6cccc7c8ccccc8c8ccccc8c(c4)c5c67)c4ccccc34)cc1)c1cccnc12. The van der Waals surface area contributed by atoms with Gasteiger partial charge < -0.3 is 0 Å². The van der Waals surface area contributed by atoms with Crippen LogP contribution in [0.25, 0.3) is 120 Å². The van der Waals surface area contributed by atoms with Crippen molar-refractivity contribution in [1.82, 2.24) is 9.97 Å². The Balaban J connectivity index is 1.06. The fourth-order valence-corrected chi connectivity index (χ4v) is 9.39. The van der Waals surface area contributed by atoms with Crippen molar-refractivity contribution >= 4 is 86.4 Å². The van der Waals surface area contributed by atoms with Gasteiger partial charge in [-0.15, -0.1) is 0 Å². The second-order valence-corrected chi connectivity index (χ2v) is 14.9. The summed E-state index contributed by atoms with van der Waals surface area (Å²) in [7, 11) is 0. The van der Waals surface area contributed by atoms with E-state index in [-0.39, 0.29) is 0 Å². The largest absolute Gasteiger partial charge is 0.254 e. The van der Waals surface area contributed by atoms with Gasteiger partial charge in [-0.3, -0.25) is 9.97 Å². The average molecular weight is 709 g/mol. The van der Waals surface area contributed by atoms with Crippen LogP contribution in [0.1, 0.15) is 0 Å². The van der Waals surface area contributed by atoms with Gasteiger partial charge in [-0.2, -0.15) is 0 Å². The zero-order chi connectivity index (χ0) is 36.7. The zero-order valence-corrected chi connectivity index (χ0v) is 30.4. The first-order valence-corrected chi connectivity index (χ1v) is 19.2. The van der Waals surface area contributed by atoms with Crippen LogP contribution in [-0.4, -0.2) is 9.97 Å². The summed E-state index contributed by atoms with van der Waals surface area (Å²) in [5.74, 6) is 0. The number of rotatable bonds is 3. The Morgan fingerprint density at radius 2 is 0.750 bits per heavy atom. The maximum atomic E-state index is 4.74. The molecule has 0 aliphatic heterocycles. The molecule has 0 unspecified atom stereocenters. The molecule has 258 valence electrons. The fraction of sp³-hybridized carbons (Fsp3) is 0. The highest BCUT2D eigenvalue weighted by molar-refractivity contribution is 6.33. The highest BCUT2D eigenvalue weighted by atomic mass is 14.7. The third-order valence-electron chi connectivity index (χ3n) is 11.9. The van der Waals surface area contributed by atoms with Crippen LogP contribution >= 0.6 is 0 Å². The number of aromatic nitrogens is 2. The van der Waals surface area contributed by atoms with Gasteiger partial charge in [0, 0.05) is 23.2 Å². The van der Waals surface area contributed by atoms with Crippen LogP contribution in [0.15, 0.2) is 194 Å². The predicted molar refractivity (Wildman–Crippen MR) is 238 cm³/mol. The lowest BCUT2D eigenvalue weighted by Gasteiger charge is -2.17. The topological polar surface area (TPSA) is 25.8 Å². The molecule has 0 fully saturated rings. The smallest absolute Gasteiger partial charge is 0.0970 e. The van der Waals surface area contributed by atoms with Crippen molar-refractivity contribution in [3.8, 4) is 33.4 Å². The van der Waals surface area contributed by atoms with Gasteiger partial charge in [-0.25, -0.2) is 0 Å².